The number of nitrogens with zero attached hydrogens (tertiary/aromatic N) is 1. The van der Waals surface area contributed by atoms with E-state index in [1.54, 1.807) is 0 Å². The van der Waals surface area contributed by atoms with E-state index >= 15 is 0 Å². The van der Waals surface area contributed by atoms with Crippen LogP contribution in [-0.2, 0) is 14.2 Å². The number of hydrogen-bond acceptors (Lipinski definition) is 4. The topological polar surface area (TPSA) is 60.0 Å². The second-order valence-corrected chi connectivity index (χ2v) is 6.86. The molecular formula is C16H30N2O4. The standard InChI is InChI=1S/C16H30N2O4/c1-13-10-18(12-16(2,3)22-13)15(19)17-7-5-8-20-11-14-6-4-9-21-14/h13-14H,4-12H2,1-3H3,(H,17,19)/t13-,14-/m1/s1. The molecule has 0 aromatic heterocycles. The predicted molar refractivity (Wildman–Crippen MR) is 84.0 cm³/mol. The Kier molecular flexibility index (Phi) is 6.47. The van der Waals surface area contributed by atoms with Crippen LogP contribution < -0.4 is 5.32 Å². The number of rotatable bonds is 6. The summed E-state index contributed by atoms with van der Waals surface area (Å²) in [7, 11) is 0. The number of hydrogen-bond donors (Lipinski definition) is 1. The van der Waals surface area contributed by atoms with Crippen LogP contribution in [0.2, 0.25) is 0 Å². The minimum absolute atomic E-state index is 0.0117. The van der Waals surface area contributed by atoms with Gasteiger partial charge in [0.05, 0.1) is 31.0 Å². The van der Waals surface area contributed by atoms with E-state index in [1.807, 2.05) is 25.7 Å². The zero-order chi connectivity index (χ0) is 16.0. The normalized spacial score (nSPS) is 27.9. The lowest BCUT2D eigenvalue weighted by atomic mass is 10.1. The lowest BCUT2D eigenvalue weighted by Crippen LogP contribution is -2.56. The van der Waals surface area contributed by atoms with Crippen molar-refractivity contribution in [2.75, 3.05) is 39.5 Å². The molecule has 22 heavy (non-hydrogen) atoms. The summed E-state index contributed by atoms with van der Waals surface area (Å²) in [5.74, 6) is 0. The fraction of sp³-hybridized carbons (Fsp3) is 0.938. The number of carbonyl (C=O) groups excluding carboxylic acids is 1. The molecule has 2 aliphatic rings. The van der Waals surface area contributed by atoms with Crippen LogP contribution in [0, 0.1) is 0 Å². The number of morpholine rings is 1. The van der Waals surface area contributed by atoms with Crippen LogP contribution in [0.5, 0.6) is 0 Å². The molecule has 0 radical (unpaired) electrons. The Labute approximate surface area is 133 Å². The molecule has 6 heteroatoms. The summed E-state index contributed by atoms with van der Waals surface area (Å²) in [5.41, 5.74) is -0.278. The number of ether oxygens (including phenoxy) is 3. The van der Waals surface area contributed by atoms with Crippen LogP contribution in [-0.4, -0.2) is 68.2 Å². The average molecular weight is 314 g/mol. The monoisotopic (exact) mass is 314 g/mol. The van der Waals surface area contributed by atoms with Crippen molar-refractivity contribution >= 4 is 6.03 Å². The number of carbonyl (C=O) groups is 1. The maximum Gasteiger partial charge on any atom is 0.317 e. The van der Waals surface area contributed by atoms with Gasteiger partial charge in [-0.3, -0.25) is 0 Å². The Morgan fingerprint density at radius 2 is 2.27 bits per heavy atom. The molecule has 6 nitrogen and oxygen atoms in total. The Bertz CT molecular complexity index is 356. The summed E-state index contributed by atoms with van der Waals surface area (Å²) in [6.45, 7) is 10.1. The maximum absolute atomic E-state index is 12.2. The summed E-state index contributed by atoms with van der Waals surface area (Å²) >= 11 is 0. The molecule has 2 heterocycles. The SMILES string of the molecule is C[C@@H]1CN(C(=O)NCCCOC[C@H]2CCCO2)CC(C)(C)O1. The molecule has 0 aromatic rings. The molecule has 2 atom stereocenters. The average Bonchev–Trinajstić information content (AvgIpc) is 2.93. The van der Waals surface area contributed by atoms with Crippen molar-refractivity contribution < 1.29 is 19.0 Å². The molecule has 0 spiro atoms. The van der Waals surface area contributed by atoms with Crippen molar-refractivity contribution in [2.45, 2.75) is 57.8 Å². The highest BCUT2D eigenvalue weighted by molar-refractivity contribution is 5.74. The van der Waals surface area contributed by atoms with Gasteiger partial charge in [0.1, 0.15) is 0 Å². The highest BCUT2D eigenvalue weighted by Crippen LogP contribution is 2.20. The minimum Gasteiger partial charge on any atom is -0.379 e. The second kappa shape index (κ2) is 8.13. The van der Waals surface area contributed by atoms with Gasteiger partial charge in [-0.1, -0.05) is 0 Å². The molecule has 0 aliphatic carbocycles. The molecule has 0 bridgehead atoms. The summed E-state index contributed by atoms with van der Waals surface area (Å²) in [6, 6.07) is -0.0117. The fourth-order valence-electron chi connectivity index (χ4n) is 3.08. The van der Waals surface area contributed by atoms with E-state index in [9.17, 15) is 4.79 Å². The van der Waals surface area contributed by atoms with Gasteiger partial charge in [-0.05, 0) is 40.0 Å². The Morgan fingerprint density at radius 3 is 2.95 bits per heavy atom. The second-order valence-electron chi connectivity index (χ2n) is 6.86. The quantitative estimate of drug-likeness (QED) is 0.759. The molecule has 1 N–H and O–H groups in total. The molecule has 0 aromatic carbocycles. The number of nitrogens with one attached hydrogen (secondary N) is 1. The van der Waals surface area contributed by atoms with Crippen LogP contribution in [0.4, 0.5) is 4.79 Å². The van der Waals surface area contributed by atoms with Gasteiger partial charge < -0.3 is 24.4 Å². The first-order valence-electron chi connectivity index (χ1n) is 8.36. The molecule has 2 amide bonds. The van der Waals surface area contributed by atoms with Gasteiger partial charge in [0.2, 0.25) is 0 Å². The van der Waals surface area contributed by atoms with Gasteiger partial charge in [0, 0.05) is 26.3 Å². The number of amides is 2. The smallest absolute Gasteiger partial charge is 0.317 e. The molecule has 2 rings (SSSR count). The molecule has 2 fully saturated rings. The van der Waals surface area contributed by atoms with E-state index in [4.69, 9.17) is 14.2 Å². The molecule has 2 saturated heterocycles. The van der Waals surface area contributed by atoms with Gasteiger partial charge in [0.25, 0.3) is 0 Å². The summed E-state index contributed by atoms with van der Waals surface area (Å²) in [6.07, 6.45) is 3.40. The van der Waals surface area contributed by atoms with Gasteiger partial charge >= 0.3 is 6.03 Å². The molecule has 2 aliphatic heterocycles. The largest absolute Gasteiger partial charge is 0.379 e. The van der Waals surface area contributed by atoms with Gasteiger partial charge in [-0.25, -0.2) is 4.79 Å². The Morgan fingerprint density at radius 1 is 1.45 bits per heavy atom. The maximum atomic E-state index is 12.2. The first-order valence-corrected chi connectivity index (χ1v) is 8.36. The highest BCUT2D eigenvalue weighted by atomic mass is 16.5. The van der Waals surface area contributed by atoms with Crippen LogP contribution in [0.3, 0.4) is 0 Å². The molecule has 0 saturated carbocycles. The molecule has 128 valence electrons. The van der Waals surface area contributed by atoms with Crippen molar-refractivity contribution in [3.8, 4) is 0 Å². The van der Waals surface area contributed by atoms with Crippen molar-refractivity contribution in [3.05, 3.63) is 0 Å². The number of urea groups is 1. The van der Waals surface area contributed by atoms with Crippen LogP contribution in [0.15, 0.2) is 0 Å². The lowest BCUT2D eigenvalue weighted by Gasteiger charge is -2.41. The Balaban J connectivity index is 1.55. The van der Waals surface area contributed by atoms with Crippen LogP contribution in [0.25, 0.3) is 0 Å². The summed E-state index contributed by atoms with van der Waals surface area (Å²) < 4.78 is 16.9. The fourth-order valence-corrected chi connectivity index (χ4v) is 3.08. The first-order chi connectivity index (χ1) is 10.5. The summed E-state index contributed by atoms with van der Waals surface area (Å²) in [4.78, 5) is 14.0. The van der Waals surface area contributed by atoms with E-state index in [2.05, 4.69) is 5.32 Å². The first kappa shape index (κ1) is 17.5. The zero-order valence-electron chi connectivity index (χ0n) is 14.1. The van der Waals surface area contributed by atoms with Gasteiger partial charge in [-0.15, -0.1) is 0 Å². The predicted octanol–water partition coefficient (Wildman–Crippen LogP) is 1.78. The van der Waals surface area contributed by atoms with Gasteiger partial charge in [-0.2, -0.15) is 0 Å². The van der Waals surface area contributed by atoms with Crippen LogP contribution >= 0.6 is 0 Å². The van der Waals surface area contributed by atoms with Crippen molar-refractivity contribution in [1.82, 2.24) is 10.2 Å². The highest BCUT2D eigenvalue weighted by Gasteiger charge is 2.33. The minimum atomic E-state index is -0.278. The van der Waals surface area contributed by atoms with E-state index in [1.165, 1.54) is 0 Å². The van der Waals surface area contributed by atoms with Crippen molar-refractivity contribution in [1.29, 1.82) is 0 Å². The van der Waals surface area contributed by atoms with E-state index in [0.29, 0.717) is 32.8 Å². The third kappa shape index (κ3) is 5.74. The third-order valence-corrected chi connectivity index (χ3v) is 3.93. The van der Waals surface area contributed by atoms with E-state index < -0.39 is 0 Å². The van der Waals surface area contributed by atoms with Crippen LogP contribution in [0.1, 0.15) is 40.0 Å². The third-order valence-electron chi connectivity index (χ3n) is 3.93. The molecular weight excluding hydrogens is 284 g/mol. The summed E-state index contributed by atoms with van der Waals surface area (Å²) in [5, 5.41) is 2.96. The van der Waals surface area contributed by atoms with Crippen molar-refractivity contribution in [2.24, 2.45) is 0 Å². The zero-order valence-corrected chi connectivity index (χ0v) is 14.1. The Hall–Kier alpha value is -0.850. The molecule has 0 unspecified atom stereocenters. The van der Waals surface area contributed by atoms with Gasteiger partial charge in [0.15, 0.2) is 0 Å². The van der Waals surface area contributed by atoms with E-state index in [-0.39, 0.29) is 23.8 Å². The lowest BCUT2D eigenvalue weighted by molar-refractivity contribution is -0.117. The van der Waals surface area contributed by atoms with Crippen molar-refractivity contribution in [3.63, 3.8) is 0 Å². The van der Waals surface area contributed by atoms with E-state index in [0.717, 1.165) is 25.9 Å².